The molecule has 1 N–H and O–H groups in total. The molecule has 0 unspecified atom stereocenters. The fourth-order valence-electron chi connectivity index (χ4n) is 1.73. The largest absolute Gasteiger partial charge is 0.487 e. The maximum absolute atomic E-state index is 8.77. The van der Waals surface area contributed by atoms with Gasteiger partial charge in [-0.2, -0.15) is 0 Å². The highest BCUT2D eigenvalue weighted by atomic mass is 35.5. The predicted molar refractivity (Wildman–Crippen MR) is 85.8 cm³/mol. The molecule has 0 bridgehead atoms. The predicted octanol–water partition coefficient (Wildman–Crippen LogP) is 4.31. The molecule has 0 aliphatic carbocycles. The Bertz CT molecular complexity index is 672. The third kappa shape index (κ3) is 4.41. The Labute approximate surface area is 134 Å². The van der Waals surface area contributed by atoms with Gasteiger partial charge in [0.05, 0.1) is 11.6 Å². The number of hydrogen-bond donors (Lipinski definition) is 1. The lowest BCUT2D eigenvalue weighted by molar-refractivity contribution is 0.305. The van der Waals surface area contributed by atoms with Gasteiger partial charge in [0.15, 0.2) is 0 Å². The maximum Gasteiger partial charge on any atom is 0.139 e. The number of ether oxygens (including phenoxy) is 1. The molecule has 0 spiro atoms. The summed E-state index contributed by atoms with van der Waals surface area (Å²) in [6, 6.07) is 13.0. The minimum absolute atomic E-state index is 0.0593. The lowest BCUT2D eigenvalue weighted by Gasteiger charge is -2.10. The molecule has 0 heterocycles. The summed E-state index contributed by atoms with van der Waals surface area (Å²) < 4.78 is 5.72. The number of halogens is 2. The highest BCUT2D eigenvalue weighted by Crippen LogP contribution is 2.32. The minimum atomic E-state index is 0.0593. The van der Waals surface area contributed by atoms with Gasteiger partial charge in [0.2, 0.25) is 0 Å². The smallest absolute Gasteiger partial charge is 0.139 e. The Kier molecular flexibility index (Phi) is 5.95. The van der Waals surface area contributed by atoms with Crippen LogP contribution in [0.15, 0.2) is 42.5 Å². The average Bonchev–Trinajstić information content (AvgIpc) is 2.50. The van der Waals surface area contributed by atoms with Crippen molar-refractivity contribution in [2.24, 2.45) is 0 Å². The van der Waals surface area contributed by atoms with Crippen LogP contribution in [-0.4, -0.2) is 11.7 Å². The summed E-state index contributed by atoms with van der Waals surface area (Å²) in [6.07, 6.45) is 0.454. The second-order valence-corrected chi connectivity index (χ2v) is 5.06. The quantitative estimate of drug-likeness (QED) is 0.851. The number of aliphatic hydroxyl groups excluding tert-OH is 1. The van der Waals surface area contributed by atoms with Crippen LogP contribution < -0.4 is 4.74 Å². The number of benzene rings is 2. The van der Waals surface area contributed by atoms with Crippen LogP contribution in [0.1, 0.15) is 17.5 Å². The zero-order chi connectivity index (χ0) is 15.1. The first kappa shape index (κ1) is 15.7. The maximum atomic E-state index is 8.77. The van der Waals surface area contributed by atoms with Crippen molar-refractivity contribution in [3.8, 4) is 17.6 Å². The van der Waals surface area contributed by atoms with E-state index in [0.717, 1.165) is 11.1 Å². The minimum Gasteiger partial charge on any atom is -0.487 e. The molecule has 108 valence electrons. The molecular weight excluding hydrogens is 307 g/mol. The Hall–Kier alpha value is -1.66. The van der Waals surface area contributed by atoms with Crippen LogP contribution in [-0.2, 0) is 6.61 Å². The molecule has 4 heteroatoms. The molecule has 0 amide bonds. The van der Waals surface area contributed by atoms with E-state index in [1.165, 1.54) is 0 Å². The first-order valence-electron chi connectivity index (χ1n) is 6.47. The summed E-state index contributed by atoms with van der Waals surface area (Å²) in [5.41, 5.74) is 1.84. The summed E-state index contributed by atoms with van der Waals surface area (Å²) in [5.74, 6) is 6.48. The molecule has 0 aromatic heterocycles. The molecule has 0 radical (unpaired) electrons. The van der Waals surface area contributed by atoms with Crippen LogP contribution in [0, 0.1) is 11.8 Å². The Morgan fingerprint density at radius 3 is 2.67 bits per heavy atom. The van der Waals surface area contributed by atoms with Crippen LogP contribution in [0.4, 0.5) is 0 Å². The summed E-state index contributed by atoms with van der Waals surface area (Å²) in [4.78, 5) is 0. The zero-order valence-electron chi connectivity index (χ0n) is 11.3. The van der Waals surface area contributed by atoms with E-state index in [4.69, 9.17) is 33.0 Å². The molecule has 0 aliphatic rings. The van der Waals surface area contributed by atoms with Crippen molar-refractivity contribution in [1.29, 1.82) is 0 Å². The normalized spacial score (nSPS) is 9.86. The average molecular weight is 321 g/mol. The Morgan fingerprint density at radius 2 is 1.86 bits per heavy atom. The summed E-state index contributed by atoms with van der Waals surface area (Å²) in [5, 5.41) is 9.64. The van der Waals surface area contributed by atoms with Gasteiger partial charge in [-0.05, 0) is 18.2 Å². The molecular formula is C17H14Cl2O2. The van der Waals surface area contributed by atoms with Crippen molar-refractivity contribution in [3.63, 3.8) is 0 Å². The number of aliphatic hydroxyl groups is 1. The van der Waals surface area contributed by atoms with E-state index < -0.39 is 0 Å². The van der Waals surface area contributed by atoms with Gasteiger partial charge < -0.3 is 9.84 Å². The molecule has 0 saturated heterocycles. The lowest BCUT2D eigenvalue weighted by atomic mass is 10.1. The Balaban J connectivity index is 2.14. The van der Waals surface area contributed by atoms with E-state index >= 15 is 0 Å². The second-order valence-electron chi connectivity index (χ2n) is 4.27. The second kappa shape index (κ2) is 7.95. The van der Waals surface area contributed by atoms with Crippen molar-refractivity contribution in [1.82, 2.24) is 0 Å². The molecule has 0 aliphatic heterocycles. The molecule has 2 nitrogen and oxygen atoms in total. The SMILES string of the molecule is OCCC#Cc1ccccc1COc1cccc(Cl)c1Cl. The van der Waals surface area contributed by atoms with Gasteiger partial charge in [-0.3, -0.25) is 0 Å². The van der Waals surface area contributed by atoms with Crippen LogP contribution in [0.25, 0.3) is 0 Å². The molecule has 2 rings (SSSR count). The van der Waals surface area contributed by atoms with Crippen molar-refractivity contribution in [2.75, 3.05) is 6.61 Å². The van der Waals surface area contributed by atoms with Gasteiger partial charge in [-0.25, -0.2) is 0 Å². The van der Waals surface area contributed by atoms with Crippen LogP contribution in [0.5, 0.6) is 5.75 Å². The molecule has 0 atom stereocenters. The third-order valence-electron chi connectivity index (χ3n) is 2.78. The number of hydrogen-bond acceptors (Lipinski definition) is 2. The van der Waals surface area contributed by atoms with E-state index in [0.29, 0.717) is 28.8 Å². The van der Waals surface area contributed by atoms with Crippen LogP contribution >= 0.6 is 23.2 Å². The zero-order valence-corrected chi connectivity index (χ0v) is 12.8. The van der Waals surface area contributed by atoms with Crippen molar-refractivity contribution in [2.45, 2.75) is 13.0 Å². The van der Waals surface area contributed by atoms with Gasteiger partial charge in [-0.1, -0.05) is 59.3 Å². The van der Waals surface area contributed by atoms with E-state index in [9.17, 15) is 0 Å². The van der Waals surface area contributed by atoms with E-state index in [2.05, 4.69) is 11.8 Å². The van der Waals surface area contributed by atoms with E-state index in [1.807, 2.05) is 24.3 Å². The lowest BCUT2D eigenvalue weighted by Crippen LogP contribution is -1.98. The van der Waals surface area contributed by atoms with Crippen molar-refractivity contribution >= 4 is 23.2 Å². The van der Waals surface area contributed by atoms with Gasteiger partial charge in [0.25, 0.3) is 0 Å². The first-order valence-corrected chi connectivity index (χ1v) is 7.22. The highest BCUT2D eigenvalue weighted by molar-refractivity contribution is 6.42. The van der Waals surface area contributed by atoms with Crippen LogP contribution in [0.2, 0.25) is 10.0 Å². The standard InChI is InChI=1S/C17H14Cl2O2/c18-15-9-5-10-16(17(15)19)21-12-14-8-2-1-6-13(14)7-3-4-11-20/h1-2,5-6,8-10,20H,4,11-12H2. The molecule has 0 fully saturated rings. The fraction of sp³-hybridized carbons (Fsp3) is 0.176. The molecule has 21 heavy (non-hydrogen) atoms. The van der Waals surface area contributed by atoms with Crippen molar-refractivity contribution in [3.05, 3.63) is 63.6 Å². The Morgan fingerprint density at radius 1 is 1.05 bits per heavy atom. The third-order valence-corrected chi connectivity index (χ3v) is 3.58. The first-order chi connectivity index (χ1) is 10.2. The topological polar surface area (TPSA) is 29.5 Å². The van der Waals surface area contributed by atoms with Crippen LogP contribution in [0.3, 0.4) is 0 Å². The van der Waals surface area contributed by atoms with E-state index in [1.54, 1.807) is 18.2 Å². The summed E-state index contributed by atoms with van der Waals surface area (Å²) >= 11 is 12.0. The molecule has 2 aromatic carbocycles. The highest BCUT2D eigenvalue weighted by Gasteiger charge is 2.06. The number of rotatable bonds is 4. The monoisotopic (exact) mass is 320 g/mol. The van der Waals surface area contributed by atoms with Crippen molar-refractivity contribution < 1.29 is 9.84 Å². The van der Waals surface area contributed by atoms with Gasteiger partial charge in [0, 0.05) is 17.5 Å². The van der Waals surface area contributed by atoms with Gasteiger partial charge in [-0.15, -0.1) is 0 Å². The summed E-state index contributed by atoms with van der Waals surface area (Å²) in [6.45, 7) is 0.411. The van der Waals surface area contributed by atoms with E-state index in [-0.39, 0.29) is 6.61 Å². The van der Waals surface area contributed by atoms with Gasteiger partial charge in [0.1, 0.15) is 17.4 Å². The molecule has 2 aromatic rings. The summed E-state index contributed by atoms with van der Waals surface area (Å²) in [7, 11) is 0. The van der Waals surface area contributed by atoms with Gasteiger partial charge >= 0.3 is 0 Å². The fourth-order valence-corrected chi connectivity index (χ4v) is 2.08. The molecule has 0 saturated carbocycles.